The Hall–Kier alpha value is -0.570. The van der Waals surface area contributed by atoms with Crippen LogP contribution in [0.5, 0.6) is 0 Å². The van der Waals surface area contributed by atoms with Gasteiger partial charge in [0.1, 0.15) is 0 Å². The molecule has 1 aliphatic heterocycles. The fourth-order valence-electron chi connectivity index (χ4n) is 1.78. The van der Waals surface area contributed by atoms with Crippen molar-refractivity contribution in [3.63, 3.8) is 0 Å². The monoisotopic (exact) mass is 185 g/mol. The first-order chi connectivity index (χ1) is 6.33. The summed E-state index contributed by atoms with van der Waals surface area (Å²) in [6, 6.07) is 0.306. The van der Waals surface area contributed by atoms with Gasteiger partial charge in [0.25, 0.3) is 0 Å². The summed E-state index contributed by atoms with van der Waals surface area (Å²) in [5.74, 6) is 0.183. The third-order valence-corrected chi connectivity index (χ3v) is 2.53. The molecule has 1 saturated heterocycles. The lowest BCUT2D eigenvalue weighted by Gasteiger charge is -2.20. The van der Waals surface area contributed by atoms with Gasteiger partial charge in [-0.15, -0.1) is 0 Å². The van der Waals surface area contributed by atoms with Crippen LogP contribution in [0.2, 0.25) is 0 Å². The molecule has 0 spiro atoms. The van der Waals surface area contributed by atoms with Gasteiger partial charge in [-0.05, 0) is 25.7 Å². The first-order valence-corrected chi connectivity index (χ1v) is 5.23. The lowest BCUT2D eigenvalue weighted by atomic mass is 10.0. The number of carbonyl (C=O) groups is 1. The smallest absolute Gasteiger partial charge is 0.220 e. The molecule has 76 valence electrons. The average molecular weight is 185 g/mol. The predicted molar refractivity (Wildman–Crippen MR) is 51.3 cm³/mol. The van der Waals surface area contributed by atoms with Gasteiger partial charge in [0.15, 0.2) is 0 Å². The van der Waals surface area contributed by atoms with Crippen molar-refractivity contribution in [1.82, 2.24) is 5.32 Å². The molecule has 3 nitrogen and oxygen atoms in total. The Morgan fingerprint density at radius 2 is 2.23 bits per heavy atom. The van der Waals surface area contributed by atoms with Gasteiger partial charge >= 0.3 is 0 Å². The number of rotatable bonds is 3. The highest BCUT2D eigenvalue weighted by atomic mass is 16.2. The van der Waals surface area contributed by atoms with Gasteiger partial charge < -0.3 is 10.4 Å². The largest absolute Gasteiger partial charge is 0.396 e. The molecule has 0 radical (unpaired) electrons. The van der Waals surface area contributed by atoms with Crippen LogP contribution in [0.25, 0.3) is 0 Å². The number of amides is 1. The molecule has 1 aliphatic rings. The minimum atomic E-state index is 0.183. The minimum Gasteiger partial charge on any atom is -0.396 e. The van der Waals surface area contributed by atoms with Crippen LogP contribution in [0.3, 0.4) is 0 Å². The lowest BCUT2D eigenvalue weighted by Crippen LogP contribution is -2.35. The molecule has 0 bridgehead atoms. The molecule has 0 aromatic carbocycles. The minimum absolute atomic E-state index is 0.183. The van der Waals surface area contributed by atoms with Gasteiger partial charge in [-0.2, -0.15) is 0 Å². The van der Waals surface area contributed by atoms with Crippen molar-refractivity contribution >= 4 is 5.91 Å². The van der Waals surface area contributed by atoms with Crippen LogP contribution in [-0.4, -0.2) is 23.7 Å². The number of aliphatic hydroxyl groups is 1. The van der Waals surface area contributed by atoms with Crippen LogP contribution in [0, 0.1) is 0 Å². The summed E-state index contributed by atoms with van der Waals surface area (Å²) >= 11 is 0. The summed E-state index contributed by atoms with van der Waals surface area (Å²) in [7, 11) is 0. The summed E-state index contributed by atoms with van der Waals surface area (Å²) < 4.78 is 0. The zero-order valence-corrected chi connectivity index (χ0v) is 8.09. The maximum absolute atomic E-state index is 11.2. The molecule has 2 N–H and O–H groups in total. The molecule has 0 aliphatic carbocycles. The number of nitrogens with one attached hydrogen (secondary N) is 1. The predicted octanol–water partition coefficient (Wildman–Crippen LogP) is 1.21. The third-order valence-electron chi connectivity index (χ3n) is 2.53. The maximum atomic E-state index is 11.2. The van der Waals surface area contributed by atoms with E-state index in [0.29, 0.717) is 12.5 Å². The molecule has 3 heteroatoms. The maximum Gasteiger partial charge on any atom is 0.220 e. The number of hydrogen-bond donors (Lipinski definition) is 2. The van der Waals surface area contributed by atoms with Crippen molar-refractivity contribution in [2.45, 2.75) is 51.0 Å². The first kappa shape index (κ1) is 10.5. The third kappa shape index (κ3) is 4.27. The molecular formula is C10H19NO2. The van der Waals surface area contributed by atoms with Gasteiger partial charge in [0.05, 0.1) is 0 Å². The van der Waals surface area contributed by atoms with Gasteiger partial charge in [-0.25, -0.2) is 0 Å². The van der Waals surface area contributed by atoms with E-state index in [0.717, 1.165) is 25.7 Å². The Labute approximate surface area is 79.5 Å². The highest BCUT2D eigenvalue weighted by Crippen LogP contribution is 2.13. The van der Waals surface area contributed by atoms with E-state index < -0.39 is 0 Å². The SMILES string of the molecule is O=C1CCCCCC(CCCO)N1. The van der Waals surface area contributed by atoms with E-state index in [1.165, 1.54) is 12.8 Å². The first-order valence-electron chi connectivity index (χ1n) is 5.23. The number of hydrogen-bond acceptors (Lipinski definition) is 2. The Bertz CT molecular complexity index is 157. The highest BCUT2D eigenvalue weighted by Gasteiger charge is 2.13. The zero-order chi connectivity index (χ0) is 9.52. The van der Waals surface area contributed by atoms with Crippen LogP contribution in [-0.2, 0) is 4.79 Å². The van der Waals surface area contributed by atoms with Crippen molar-refractivity contribution in [2.24, 2.45) is 0 Å². The molecule has 1 unspecified atom stereocenters. The molecular weight excluding hydrogens is 166 g/mol. The van der Waals surface area contributed by atoms with E-state index >= 15 is 0 Å². The molecule has 1 amide bonds. The van der Waals surface area contributed by atoms with Crippen molar-refractivity contribution in [3.05, 3.63) is 0 Å². The Kier molecular flexibility index (Phi) is 4.83. The second-order valence-electron chi connectivity index (χ2n) is 3.73. The van der Waals surface area contributed by atoms with Crippen molar-refractivity contribution in [3.8, 4) is 0 Å². The molecule has 0 aromatic rings. The van der Waals surface area contributed by atoms with Crippen LogP contribution in [0.15, 0.2) is 0 Å². The van der Waals surface area contributed by atoms with Crippen LogP contribution in [0.4, 0.5) is 0 Å². The standard InChI is InChI=1S/C10H19NO2/c12-8-4-6-9-5-2-1-3-7-10(13)11-9/h9,12H,1-8H2,(H,11,13). The average Bonchev–Trinajstić information content (AvgIpc) is 2.09. The fraction of sp³-hybridized carbons (Fsp3) is 0.900. The second kappa shape index (κ2) is 5.97. The van der Waals surface area contributed by atoms with Crippen LogP contribution in [0.1, 0.15) is 44.9 Å². The second-order valence-corrected chi connectivity index (χ2v) is 3.73. The molecule has 1 rings (SSSR count). The van der Waals surface area contributed by atoms with E-state index in [1.807, 2.05) is 0 Å². The fourth-order valence-corrected chi connectivity index (χ4v) is 1.78. The molecule has 0 aromatic heterocycles. The summed E-state index contributed by atoms with van der Waals surface area (Å²) in [5, 5.41) is 11.7. The number of aliphatic hydroxyl groups excluding tert-OH is 1. The Morgan fingerprint density at radius 3 is 3.00 bits per heavy atom. The van der Waals surface area contributed by atoms with Gasteiger partial charge in [0, 0.05) is 19.1 Å². The normalized spacial score (nSPS) is 24.7. The topological polar surface area (TPSA) is 49.3 Å². The van der Waals surface area contributed by atoms with Gasteiger partial charge in [0.2, 0.25) is 5.91 Å². The van der Waals surface area contributed by atoms with E-state index in [-0.39, 0.29) is 12.5 Å². The number of carbonyl (C=O) groups excluding carboxylic acids is 1. The summed E-state index contributed by atoms with van der Waals surface area (Å²) in [5.41, 5.74) is 0. The van der Waals surface area contributed by atoms with E-state index in [4.69, 9.17) is 5.11 Å². The van der Waals surface area contributed by atoms with Crippen molar-refractivity contribution in [1.29, 1.82) is 0 Å². The molecule has 13 heavy (non-hydrogen) atoms. The molecule has 1 fully saturated rings. The van der Waals surface area contributed by atoms with Crippen molar-refractivity contribution in [2.75, 3.05) is 6.61 Å². The van der Waals surface area contributed by atoms with E-state index in [2.05, 4.69) is 5.32 Å². The molecule has 1 atom stereocenters. The highest BCUT2D eigenvalue weighted by molar-refractivity contribution is 5.76. The summed E-state index contributed by atoms with van der Waals surface area (Å²) in [4.78, 5) is 11.2. The van der Waals surface area contributed by atoms with Gasteiger partial charge in [-0.3, -0.25) is 4.79 Å². The Morgan fingerprint density at radius 1 is 1.38 bits per heavy atom. The summed E-state index contributed by atoms with van der Waals surface area (Å²) in [6.07, 6.45) is 6.87. The van der Waals surface area contributed by atoms with Crippen LogP contribution < -0.4 is 5.32 Å². The zero-order valence-electron chi connectivity index (χ0n) is 8.09. The van der Waals surface area contributed by atoms with E-state index in [1.54, 1.807) is 0 Å². The summed E-state index contributed by atoms with van der Waals surface area (Å²) in [6.45, 7) is 0.229. The Balaban J connectivity index is 2.28. The van der Waals surface area contributed by atoms with Crippen molar-refractivity contribution < 1.29 is 9.90 Å². The van der Waals surface area contributed by atoms with Gasteiger partial charge in [-0.1, -0.05) is 12.8 Å². The molecule has 0 saturated carbocycles. The van der Waals surface area contributed by atoms with Crippen LogP contribution >= 0.6 is 0 Å². The van der Waals surface area contributed by atoms with E-state index in [9.17, 15) is 4.79 Å². The lowest BCUT2D eigenvalue weighted by molar-refractivity contribution is -0.122. The quantitative estimate of drug-likeness (QED) is 0.694. The molecule has 1 heterocycles.